The van der Waals surface area contributed by atoms with Crippen molar-refractivity contribution in [3.63, 3.8) is 0 Å². The summed E-state index contributed by atoms with van der Waals surface area (Å²) < 4.78 is 5.86. The second-order valence-corrected chi connectivity index (χ2v) is 7.17. The van der Waals surface area contributed by atoms with Crippen molar-refractivity contribution in [1.29, 1.82) is 0 Å². The molecule has 3 aromatic carbocycles. The highest BCUT2D eigenvalue weighted by atomic mass is 16.5. The maximum absolute atomic E-state index is 12.8. The molecule has 0 saturated carbocycles. The predicted octanol–water partition coefficient (Wildman–Crippen LogP) is 5.55. The molecule has 0 spiro atoms. The number of hydrogen-bond donors (Lipinski definition) is 2. The zero-order valence-electron chi connectivity index (χ0n) is 15.9. The van der Waals surface area contributed by atoms with Gasteiger partial charge in [0.1, 0.15) is 11.5 Å². The van der Waals surface area contributed by atoms with E-state index in [1.165, 1.54) is 10.9 Å². The van der Waals surface area contributed by atoms with E-state index in [2.05, 4.69) is 28.5 Å². The molecular weight excluding hydrogens is 362 g/mol. The highest BCUT2D eigenvalue weighted by Gasteiger charge is 2.23. The van der Waals surface area contributed by atoms with E-state index in [1.807, 2.05) is 65.6 Å². The Bertz CT molecular complexity index is 1170. The summed E-state index contributed by atoms with van der Waals surface area (Å²) in [6.45, 7) is 1.27. The van der Waals surface area contributed by atoms with Gasteiger partial charge < -0.3 is 19.9 Å². The van der Waals surface area contributed by atoms with Gasteiger partial charge in [0.15, 0.2) is 0 Å². The van der Waals surface area contributed by atoms with Gasteiger partial charge in [-0.1, -0.05) is 42.5 Å². The second kappa shape index (κ2) is 7.36. The summed E-state index contributed by atoms with van der Waals surface area (Å²) >= 11 is 0. The number of urea groups is 1. The maximum atomic E-state index is 12.8. The van der Waals surface area contributed by atoms with E-state index < -0.39 is 0 Å². The number of para-hydroxylation sites is 2. The molecule has 5 nitrogen and oxygen atoms in total. The van der Waals surface area contributed by atoms with E-state index in [4.69, 9.17) is 4.74 Å². The fourth-order valence-corrected chi connectivity index (χ4v) is 3.83. The molecule has 0 fully saturated rings. The first-order valence-corrected chi connectivity index (χ1v) is 9.73. The summed E-state index contributed by atoms with van der Waals surface area (Å²) in [6, 6.07) is 25.2. The van der Waals surface area contributed by atoms with E-state index in [0.717, 1.165) is 23.4 Å². The van der Waals surface area contributed by atoms with Crippen molar-refractivity contribution in [2.24, 2.45) is 0 Å². The minimum Gasteiger partial charge on any atom is -0.457 e. The molecule has 0 unspecified atom stereocenters. The first kappa shape index (κ1) is 17.4. The fraction of sp³-hybridized carbons (Fsp3) is 0.125. The molecule has 2 N–H and O–H groups in total. The molecule has 5 heteroatoms. The van der Waals surface area contributed by atoms with Crippen LogP contribution in [-0.2, 0) is 13.0 Å². The third-order valence-electron chi connectivity index (χ3n) is 5.23. The summed E-state index contributed by atoms with van der Waals surface area (Å²) in [5.74, 6) is 1.45. The molecule has 4 aromatic rings. The van der Waals surface area contributed by atoms with Gasteiger partial charge in [-0.3, -0.25) is 0 Å². The normalized spacial score (nSPS) is 13.2. The Balaban J connectivity index is 1.29. The Hall–Kier alpha value is -3.73. The molecule has 0 bridgehead atoms. The monoisotopic (exact) mass is 383 g/mol. The van der Waals surface area contributed by atoms with Crippen LogP contribution in [0.25, 0.3) is 10.9 Å². The number of hydrogen-bond acceptors (Lipinski definition) is 2. The molecule has 1 aliphatic rings. The zero-order valence-corrected chi connectivity index (χ0v) is 15.9. The number of nitrogens with one attached hydrogen (secondary N) is 2. The number of carbonyl (C=O) groups excluding carboxylic acids is 1. The Kier molecular flexibility index (Phi) is 4.41. The Morgan fingerprint density at radius 2 is 1.72 bits per heavy atom. The van der Waals surface area contributed by atoms with Crippen molar-refractivity contribution < 1.29 is 9.53 Å². The van der Waals surface area contributed by atoms with Crippen LogP contribution in [-0.4, -0.2) is 22.5 Å². The number of nitrogens with zero attached hydrogens (tertiary/aromatic N) is 1. The average molecular weight is 383 g/mol. The number of aromatic amines is 1. The van der Waals surface area contributed by atoms with Crippen molar-refractivity contribution in [1.82, 2.24) is 9.88 Å². The van der Waals surface area contributed by atoms with Crippen LogP contribution >= 0.6 is 0 Å². The van der Waals surface area contributed by atoms with Crippen molar-refractivity contribution in [3.8, 4) is 11.5 Å². The quantitative estimate of drug-likeness (QED) is 0.487. The first-order chi connectivity index (χ1) is 14.3. The van der Waals surface area contributed by atoms with Gasteiger partial charge in [-0.05, 0) is 42.3 Å². The van der Waals surface area contributed by atoms with Crippen molar-refractivity contribution in [2.75, 3.05) is 11.9 Å². The van der Waals surface area contributed by atoms with Crippen molar-refractivity contribution >= 4 is 22.6 Å². The number of anilines is 1. The minimum absolute atomic E-state index is 0.105. The lowest BCUT2D eigenvalue weighted by molar-refractivity contribution is 0.206. The molecule has 1 aliphatic heterocycles. The SMILES string of the molecule is O=C(Nc1cccc(Oc2ccccc2)c1)N1CCc2c([nH]c3ccccc23)C1. The number of carbonyl (C=O) groups is 1. The van der Waals surface area contributed by atoms with E-state index in [0.29, 0.717) is 24.5 Å². The number of rotatable bonds is 3. The Labute approximate surface area is 168 Å². The zero-order chi connectivity index (χ0) is 19.6. The summed E-state index contributed by atoms with van der Waals surface area (Å²) in [6.07, 6.45) is 0.851. The lowest BCUT2D eigenvalue weighted by atomic mass is 10.0. The number of aromatic nitrogens is 1. The van der Waals surface area contributed by atoms with Crippen LogP contribution in [0.1, 0.15) is 11.3 Å². The average Bonchev–Trinajstić information content (AvgIpc) is 3.12. The lowest BCUT2D eigenvalue weighted by Crippen LogP contribution is -2.38. The van der Waals surface area contributed by atoms with Gasteiger partial charge in [-0.15, -0.1) is 0 Å². The smallest absolute Gasteiger partial charge is 0.322 e. The molecular formula is C24H21N3O2. The summed E-state index contributed by atoms with van der Waals surface area (Å²) in [7, 11) is 0. The van der Waals surface area contributed by atoms with Crippen LogP contribution in [0.2, 0.25) is 0 Å². The van der Waals surface area contributed by atoms with Gasteiger partial charge in [-0.25, -0.2) is 4.79 Å². The Morgan fingerprint density at radius 3 is 2.62 bits per heavy atom. The topological polar surface area (TPSA) is 57.4 Å². The van der Waals surface area contributed by atoms with E-state index >= 15 is 0 Å². The number of benzene rings is 3. The van der Waals surface area contributed by atoms with Crippen LogP contribution < -0.4 is 10.1 Å². The van der Waals surface area contributed by atoms with Crippen molar-refractivity contribution in [3.05, 3.63) is 90.1 Å². The molecule has 1 aromatic heterocycles. The van der Waals surface area contributed by atoms with Gasteiger partial charge in [-0.2, -0.15) is 0 Å². The van der Waals surface area contributed by atoms with Gasteiger partial charge in [0.05, 0.1) is 6.54 Å². The van der Waals surface area contributed by atoms with Gasteiger partial charge in [0, 0.05) is 34.9 Å². The highest BCUT2D eigenvalue weighted by molar-refractivity contribution is 5.90. The number of H-pyrrole nitrogens is 1. The van der Waals surface area contributed by atoms with E-state index in [-0.39, 0.29) is 6.03 Å². The van der Waals surface area contributed by atoms with Crippen LogP contribution in [0.3, 0.4) is 0 Å². The van der Waals surface area contributed by atoms with Gasteiger partial charge >= 0.3 is 6.03 Å². The third kappa shape index (κ3) is 3.55. The fourth-order valence-electron chi connectivity index (χ4n) is 3.83. The second-order valence-electron chi connectivity index (χ2n) is 7.17. The molecule has 5 rings (SSSR count). The van der Waals surface area contributed by atoms with Gasteiger partial charge in [0.2, 0.25) is 0 Å². The van der Waals surface area contributed by atoms with Crippen LogP contribution in [0.15, 0.2) is 78.9 Å². The third-order valence-corrected chi connectivity index (χ3v) is 5.23. The minimum atomic E-state index is -0.105. The molecule has 0 aliphatic carbocycles. The van der Waals surface area contributed by atoms with E-state index in [9.17, 15) is 4.79 Å². The molecule has 29 heavy (non-hydrogen) atoms. The lowest BCUT2D eigenvalue weighted by Gasteiger charge is -2.27. The summed E-state index contributed by atoms with van der Waals surface area (Å²) in [4.78, 5) is 18.1. The molecule has 144 valence electrons. The molecule has 2 amide bonds. The van der Waals surface area contributed by atoms with Crippen LogP contribution in [0, 0.1) is 0 Å². The van der Waals surface area contributed by atoms with Crippen LogP contribution in [0.4, 0.5) is 10.5 Å². The highest BCUT2D eigenvalue weighted by Crippen LogP contribution is 2.28. The Morgan fingerprint density at radius 1 is 0.931 bits per heavy atom. The number of amides is 2. The predicted molar refractivity (Wildman–Crippen MR) is 114 cm³/mol. The molecule has 0 radical (unpaired) electrons. The van der Waals surface area contributed by atoms with E-state index in [1.54, 1.807) is 0 Å². The molecule has 0 saturated heterocycles. The standard InChI is InChI=1S/C24H21N3O2/c28-24(25-17-7-6-10-19(15-17)29-18-8-2-1-3-9-18)27-14-13-21-20-11-4-5-12-22(20)26-23(21)16-27/h1-12,15,26H,13-14,16H2,(H,25,28). The summed E-state index contributed by atoms with van der Waals surface area (Å²) in [5, 5.41) is 4.25. The van der Waals surface area contributed by atoms with Crippen molar-refractivity contribution in [2.45, 2.75) is 13.0 Å². The van der Waals surface area contributed by atoms with Crippen LogP contribution in [0.5, 0.6) is 11.5 Å². The first-order valence-electron chi connectivity index (χ1n) is 9.73. The molecule has 0 atom stereocenters. The summed E-state index contributed by atoms with van der Waals surface area (Å²) in [5.41, 5.74) is 4.29. The largest absolute Gasteiger partial charge is 0.457 e. The number of ether oxygens (including phenoxy) is 1. The number of fused-ring (bicyclic) bond motifs is 3. The van der Waals surface area contributed by atoms with Gasteiger partial charge in [0.25, 0.3) is 0 Å². The maximum Gasteiger partial charge on any atom is 0.322 e. The molecule has 2 heterocycles.